The fourth-order valence-corrected chi connectivity index (χ4v) is 3.77. The second-order valence-corrected chi connectivity index (χ2v) is 6.57. The summed E-state index contributed by atoms with van der Waals surface area (Å²) >= 11 is 1.51. The highest BCUT2D eigenvalue weighted by Crippen LogP contribution is 2.26. The summed E-state index contributed by atoms with van der Waals surface area (Å²) in [5.41, 5.74) is 0.837. The van der Waals surface area contributed by atoms with Crippen LogP contribution in [-0.2, 0) is 13.5 Å². The Morgan fingerprint density at radius 1 is 1.52 bits per heavy atom. The number of piperazine rings is 1. The fraction of sp³-hybridized carbons (Fsp3) is 0.533. The van der Waals surface area contributed by atoms with E-state index in [1.165, 1.54) is 11.3 Å². The molecule has 0 aromatic carbocycles. The van der Waals surface area contributed by atoms with Crippen LogP contribution < -0.4 is 5.32 Å². The zero-order valence-corrected chi connectivity index (χ0v) is 15.2. The molecule has 126 valence electrons. The number of amides is 1. The van der Waals surface area contributed by atoms with Crippen LogP contribution in [0, 0.1) is 6.92 Å². The van der Waals surface area contributed by atoms with Crippen molar-refractivity contribution in [2.75, 3.05) is 19.6 Å². The standard InChI is InChI=1S/C15H21N5OS.ClH/c1-4-12-18-10(2)13(22-12)15(21)20-8-5-16-9-11(20)14-17-6-7-19(14)3;/h6-7,11,16H,4-5,8-9H2,1-3H3;1H. The van der Waals surface area contributed by atoms with Crippen LogP contribution in [0.25, 0.3) is 0 Å². The summed E-state index contributed by atoms with van der Waals surface area (Å²) in [6.07, 6.45) is 4.56. The molecule has 8 heteroatoms. The lowest BCUT2D eigenvalue weighted by atomic mass is 10.1. The van der Waals surface area contributed by atoms with Crippen LogP contribution in [0.2, 0.25) is 0 Å². The van der Waals surface area contributed by atoms with Gasteiger partial charge in [-0.05, 0) is 13.3 Å². The lowest BCUT2D eigenvalue weighted by molar-refractivity contribution is 0.0625. The van der Waals surface area contributed by atoms with Crippen molar-refractivity contribution in [2.45, 2.75) is 26.3 Å². The summed E-state index contributed by atoms with van der Waals surface area (Å²) in [5, 5.41) is 4.38. The minimum absolute atomic E-state index is 0. The molecule has 1 unspecified atom stereocenters. The molecule has 1 fully saturated rings. The van der Waals surface area contributed by atoms with Crippen LogP contribution >= 0.6 is 23.7 Å². The fourth-order valence-electron chi connectivity index (χ4n) is 2.81. The average molecular weight is 356 g/mol. The molecule has 2 aromatic heterocycles. The predicted molar refractivity (Wildman–Crippen MR) is 93.3 cm³/mol. The number of imidazole rings is 1. The van der Waals surface area contributed by atoms with Crippen molar-refractivity contribution in [1.82, 2.24) is 24.8 Å². The molecule has 0 spiro atoms. The first-order valence-electron chi connectivity index (χ1n) is 7.57. The maximum Gasteiger partial charge on any atom is 0.266 e. The number of halogens is 1. The minimum Gasteiger partial charge on any atom is -0.336 e. The van der Waals surface area contributed by atoms with E-state index in [4.69, 9.17) is 0 Å². The number of nitrogens with zero attached hydrogens (tertiary/aromatic N) is 4. The monoisotopic (exact) mass is 355 g/mol. The van der Waals surface area contributed by atoms with Gasteiger partial charge in [-0.3, -0.25) is 4.79 Å². The van der Waals surface area contributed by atoms with Gasteiger partial charge in [0.2, 0.25) is 0 Å². The van der Waals surface area contributed by atoms with Gasteiger partial charge in [0.05, 0.1) is 10.7 Å². The first-order chi connectivity index (χ1) is 10.6. The number of nitrogens with one attached hydrogen (secondary N) is 1. The quantitative estimate of drug-likeness (QED) is 0.914. The zero-order chi connectivity index (χ0) is 15.7. The van der Waals surface area contributed by atoms with Crippen LogP contribution in [0.3, 0.4) is 0 Å². The molecule has 2 aromatic rings. The Balaban J connectivity index is 0.00000192. The average Bonchev–Trinajstić information content (AvgIpc) is 3.12. The summed E-state index contributed by atoms with van der Waals surface area (Å²) < 4.78 is 1.98. The summed E-state index contributed by atoms with van der Waals surface area (Å²) in [6, 6.07) is -0.0344. The first-order valence-corrected chi connectivity index (χ1v) is 8.38. The third-order valence-electron chi connectivity index (χ3n) is 4.00. The molecule has 1 aliphatic heterocycles. The van der Waals surface area contributed by atoms with Crippen molar-refractivity contribution in [3.8, 4) is 0 Å². The second-order valence-electron chi connectivity index (χ2n) is 5.49. The third-order valence-corrected chi connectivity index (χ3v) is 5.29. The van der Waals surface area contributed by atoms with Gasteiger partial charge in [0.1, 0.15) is 16.7 Å². The predicted octanol–water partition coefficient (Wildman–Crippen LogP) is 1.96. The van der Waals surface area contributed by atoms with E-state index in [0.29, 0.717) is 6.54 Å². The Kier molecular flexibility index (Phi) is 5.78. The van der Waals surface area contributed by atoms with Crippen molar-refractivity contribution in [3.63, 3.8) is 0 Å². The summed E-state index contributed by atoms with van der Waals surface area (Å²) in [4.78, 5) is 24.6. The number of aromatic nitrogens is 3. The van der Waals surface area contributed by atoms with Crippen molar-refractivity contribution in [2.24, 2.45) is 7.05 Å². The lowest BCUT2D eigenvalue weighted by Gasteiger charge is -2.35. The molecule has 0 bridgehead atoms. The molecule has 0 saturated carbocycles. The highest BCUT2D eigenvalue weighted by molar-refractivity contribution is 7.13. The number of carbonyl (C=O) groups is 1. The molecule has 23 heavy (non-hydrogen) atoms. The maximum absolute atomic E-state index is 13.0. The molecule has 1 N–H and O–H groups in total. The molecule has 1 amide bonds. The molecule has 1 saturated heterocycles. The molecular formula is C15H22ClN5OS. The van der Waals surface area contributed by atoms with Gasteiger partial charge in [-0.2, -0.15) is 0 Å². The molecular weight excluding hydrogens is 334 g/mol. The van der Waals surface area contributed by atoms with Crippen LogP contribution in [0.5, 0.6) is 0 Å². The first kappa shape index (κ1) is 17.9. The van der Waals surface area contributed by atoms with E-state index in [9.17, 15) is 4.79 Å². The van der Waals surface area contributed by atoms with Crippen LogP contribution in [0.15, 0.2) is 12.4 Å². The summed E-state index contributed by atoms with van der Waals surface area (Å²) in [7, 11) is 1.97. The van der Waals surface area contributed by atoms with E-state index in [0.717, 1.165) is 40.9 Å². The van der Waals surface area contributed by atoms with E-state index in [2.05, 4.69) is 22.2 Å². The Morgan fingerprint density at radius 3 is 2.91 bits per heavy atom. The smallest absolute Gasteiger partial charge is 0.266 e. The molecule has 1 atom stereocenters. The van der Waals surface area contributed by atoms with Gasteiger partial charge >= 0.3 is 0 Å². The molecule has 3 rings (SSSR count). The summed E-state index contributed by atoms with van der Waals surface area (Å²) in [5.74, 6) is 0.989. The molecule has 1 aliphatic rings. The Bertz CT molecular complexity index is 683. The second kappa shape index (κ2) is 7.42. The van der Waals surface area contributed by atoms with Crippen molar-refractivity contribution < 1.29 is 4.79 Å². The van der Waals surface area contributed by atoms with Gasteiger partial charge in [-0.1, -0.05) is 6.92 Å². The molecule has 3 heterocycles. The van der Waals surface area contributed by atoms with Gasteiger partial charge in [-0.15, -0.1) is 23.7 Å². The summed E-state index contributed by atoms with van der Waals surface area (Å²) in [6.45, 7) is 6.21. The topological polar surface area (TPSA) is 63.1 Å². The van der Waals surface area contributed by atoms with Crippen LogP contribution in [-0.4, -0.2) is 45.0 Å². The SMILES string of the molecule is CCc1nc(C)c(C(=O)N2CCNCC2c2nccn2C)s1.Cl. The molecule has 0 aliphatic carbocycles. The molecule has 0 radical (unpaired) electrons. The van der Waals surface area contributed by atoms with Gasteiger partial charge in [0, 0.05) is 39.1 Å². The van der Waals surface area contributed by atoms with E-state index in [1.54, 1.807) is 6.20 Å². The third kappa shape index (κ3) is 3.41. The molecule has 6 nitrogen and oxygen atoms in total. The van der Waals surface area contributed by atoms with Gasteiger partial charge < -0.3 is 14.8 Å². The highest BCUT2D eigenvalue weighted by Gasteiger charge is 2.32. The Hall–Kier alpha value is -1.44. The number of hydrogen-bond acceptors (Lipinski definition) is 5. The van der Waals surface area contributed by atoms with Crippen LogP contribution in [0.1, 0.15) is 39.2 Å². The maximum atomic E-state index is 13.0. The van der Waals surface area contributed by atoms with E-state index >= 15 is 0 Å². The van der Waals surface area contributed by atoms with E-state index < -0.39 is 0 Å². The van der Waals surface area contributed by atoms with Crippen molar-refractivity contribution in [3.05, 3.63) is 33.8 Å². The number of hydrogen-bond donors (Lipinski definition) is 1. The normalized spacial score (nSPS) is 17.9. The van der Waals surface area contributed by atoms with Crippen molar-refractivity contribution >= 4 is 29.7 Å². The van der Waals surface area contributed by atoms with E-state index in [1.807, 2.05) is 29.6 Å². The van der Waals surface area contributed by atoms with E-state index in [-0.39, 0.29) is 24.4 Å². The van der Waals surface area contributed by atoms with Crippen LogP contribution in [0.4, 0.5) is 0 Å². The number of rotatable bonds is 3. The van der Waals surface area contributed by atoms with Gasteiger partial charge in [0.25, 0.3) is 5.91 Å². The zero-order valence-electron chi connectivity index (χ0n) is 13.6. The van der Waals surface area contributed by atoms with Gasteiger partial charge in [0.15, 0.2) is 0 Å². The highest BCUT2D eigenvalue weighted by atomic mass is 35.5. The minimum atomic E-state index is -0.0344. The Morgan fingerprint density at radius 2 is 2.30 bits per heavy atom. The van der Waals surface area contributed by atoms with Crippen molar-refractivity contribution in [1.29, 1.82) is 0 Å². The number of aryl methyl sites for hydroxylation is 3. The number of thiazole rings is 1. The lowest BCUT2D eigenvalue weighted by Crippen LogP contribution is -2.49. The Labute approximate surface area is 146 Å². The largest absolute Gasteiger partial charge is 0.336 e. The van der Waals surface area contributed by atoms with Gasteiger partial charge in [-0.25, -0.2) is 9.97 Å². The number of carbonyl (C=O) groups excluding carboxylic acids is 1.